The fourth-order valence-electron chi connectivity index (χ4n) is 7.58. The van der Waals surface area contributed by atoms with Gasteiger partial charge >= 0.3 is 18.2 Å². The topological polar surface area (TPSA) is 327 Å². The lowest BCUT2D eigenvalue weighted by Gasteiger charge is -2.35. The second-order valence-electron chi connectivity index (χ2n) is 16.2. The molecule has 3 heterocycles. The quantitative estimate of drug-likeness (QED) is 0.0222. The first-order valence-electron chi connectivity index (χ1n) is 22.2. The summed E-state index contributed by atoms with van der Waals surface area (Å²) in [5.41, 5.74) is 0.650. The molecule has 2 atom stereocenters. The van der Waals surface area contributed by atoms with Gasteiger partial charge in [-0.1, -0.05) is 24.3 Å². The number of hydrogen-bond donors (Lipinski definition) is 4. The summed E-state index contributed by atoms with van der Waals surface area (Å²) in [6.45, 7) is 6.87. The van der Waals surface area contributed by atoms with Gasteiger partial charge in [0.1, 0.15) is 41.6 Å². The summed E-state index contributed by atoms with van der Waals surface area (Å²) < 4.78 is 42.5. The first-order chi connectivity index (χ1) is 34.3. The number of nitro benzene ring substituents is 2. The molecule has 0 saturated carbocycles. The molecule has 2 unspecified atom stereocenters. The predicted octanol–water partition coefficient (Wildman–Crippen LogP) is 3.90. The highest BCUT2D eigenvalue weighted by Gasteiger charge is 2.35. The molecule has 4 amide bonds. The van der Waals surface area contributed by atoms with Gasteiger partial charge in [0.15, 0.2) is 0 Å². The fraction of sp³-hybridized carbons (Fsp3) is 0.326. The monoisotopic (exact) mass is 1010 g/mol. The number of ether oxygens (including phenoxy) is 3. The number of carbonyl (C=O) groups excluding carboxylic acids is 5. The van der Waals surface area contributed by atoms with Crippen LogP contribution in [0.1, 0.15) is 45.2 Å². The molecule has 72 heavy (non-hydrogen) atoms. The number of nitro groups is 2. The standard InChI is InChI=1S/C27H32N6O7.C19H18N4O8S/c1-2-39-24(34)11-12-30-13-15-31(16-14-30)17-21-18-32(27(36)40-21)20-9-7-19(8-10-20)25(28)29-26(35)22-5-3-4-6-23(22)33(37)38;1-32(28,29)30-11-14-10-22(19(25)31-14)13-8-6-12(7-9-13)17(20)21-18(24)15-4-2-3-5-16(15)23(26)27/h3-10,21H,2,11-18H2,1H3,(H2,28,29,35);2-9,14H,10-11H2,1H3,(H2,20,21,24). The molecule has 4 aromatic carbocycles. The minimum atomic E-state index is -3.67. The number of benzene rings is 4. The molecule has 3 aliphatic heterocycles. The summed E-state index contributed by atoms with van der Waals surface area (Å²) in [7, 11) is -3.67. The Bertz CT molecular complexity index is 2820. The van der Waals surface area contributed by atoms with Gasteiger partial charge in [-0.2, -0.15) is 8.42 Å². The van der Waals surface area contributed by atoms with E-state index in [0.29, 0.717) is 55.2 Å². The van der Waals surface area contributed by atoms with Gasteiger partial charge in [-0.15, -0.1) is 0 Å². The van der Waals surface area contributed by atoms with Gasteiger partial charge in [-0.3, -0.25) is 64.3 Å². The van der Waals surface area contributed by atoms with Gasteiger partial charge in [0, 0.05) is 73.9 Å². The highest BCUT2D eigenvalue weighted by molar-refractivity contribution is 7.86. The minimum Gasteiger partial charge on any atom is -0.466 e. The molecule has 3 fully saturated rings. The van der Waals surface area contributed by atoms with E-state index in [2.05, 4.69) is 24.6 Å². The van der Waals surface area contributed by atoms with Gasteiger partial charge in [0.05, 0.1) is 42.2 Å². The van der Waals surface area contributed by atoms with Crippen LogP contribution in [0.2, 0.25) is 0 Å². The average molecular weight is 1020 g/mol. The van der Waals surface area contributed by atoms with Crippen LogP contribution in [0.4, 0.5) is 32.3 Å². The van der Waals surface area contributed by atoms with Crippen LogP contribution < -0.4 is 20.4 Å². The third-order valence-corrected chi connectivity index (χ3v) is 11.7. The van der Waals surface area contributed by atoms with Gasteiger partial charge in [0.25, 0.3) is 33.3 Å². The zero-order valence-corrected chi connectivity index (χ0v) is 39.7. The van der Waals surface area contributed by atoms with Crippen molar-refractivity contribution >= 4 is 74.5 Å². The number of esters is 1. The number of nitrogens with zero attached hydrogens (tertiary/aromatic N) is 6. The Morgan fingerprint density at radius 3 is 1.57 bits per heavy atom. The minimum absolute atomic E-state index is 0.0690. The van der Waals surface area contributed by atoms with Crippen molar-refractivity contribution in [3.63, 3.8) is 0 Å². The summed E-state index contributed by atoms with van der Waals surface area (Å²) in [6.07, 6.45) is -0.924. The molecular formula is C46H50N10O15S. The Labute approximate surface area is 412 Å². The summed E-state index contributed by atoms with van der Waals surface area (Å²) in [4.78, 5) is 89.3. The van der Waals surface area contributed by atoms with Gasteiger partial charge < -0.3 is 29.7 Å². The van der Waals surface area contributed by atoms with Crippen LogP contribution in [0.15, 0.2) is 97.1 Å². The van der Waals surface area contributed by atoms with Crippen LogP contribution in [0.3, 0.4) is 0 Å². The Hall–Kier alpha value is -8.20. The van der Waals surface area contributed by atoms with E-state index in [0.717, 1.165) is 32.4 Å². The number of piperazine rings is 1. The van der Waals surface area contributed by atoms with Crippen molar-refractivity contribution in [2.24, 2.45) is 0 Å². The normalized spacial score (nSPS) is 16.9. The van der Waals surface area contributed by atoms with E-state index in [4.69, 9.17) is 25.0 Å². The Morgan fingerprint density at radius 1 is 0.694 bits per heavy atom. The Balaban J connectivity index is 0.000000241. The average Bonchev–Trinajstić information content (AvgIpc) is 3.93. The van der Waals surface area contributed by atoms with Crippen molar-refractivity contribution in [1.82, 2.24) is 20.4 Å². The second kappa shape index (κ2) is 24.1. The molecule has 3 saturated heterocycles. The summed E-state index contributed by atoms with van der Waals surface area (Å²) in [5, 5.41) is 43.3. The molecule has 0 aliphatic carbocycles. The van der Waals surface area contributed by atoms with E-state index in [-0.39, 0.29) is 59.4 Å². The number of amidine groups is 2. The lowest BCUT2D eigenvalue weighted by Crippen LogP contribution is -2.49. The maximum absolute atomic E-state index is 12.6. The van der Waals surface area contributed by atoms with Crippen LogP contribution in [0.5, 0.6) is 0 Å². The van der Waals surface area contributed by atoms with Crippen LogP contribution in [0.25, 0.3) is 0 Å². The van der Waals surface area contributed by atoms with E-state index in [1.54, 1.807) is 31.2 Å². The maximum Gasteiger partial charge on any atom is 0.414 e. The largest absolute Gasteiger partial charge is 0.466 e. The lowest BCUT2D eigenvalue weighted by atomic mass is 10.1. The van der Waals surface area contributed by atoms with Crippen molar-refractivity contribution in [3.05, 3.63) is 140 Å². The first kappa shape index (κ1) is 53.2. The Morgan fingerprint density at radius 2 is 1.12 bits per heavy atom. The molecular weight excluding hydrogens is 965 g/mol. The number of para-hydroxylation sites is 2. The molecule has 0 radical (unpaired) electrons. The summed E-state index contributed by atoms with van der Waals surface area (Å²) in [5.74, 6) is -2.26. The van der Waals surface area contributed by atoms with E-state index in [1.165, 1.54) is 82.6 Å². The lowest BCUT2D eigenvalue weighted by molar-refractivity contribution is -0.385. The molecule has 0 aromatic heterocycles. The van der Waals surface area contributed by atoms with E-state index >= 15 is 0 Å². The molecule has 7 rings (SSSR count). The molecule has 25 nitrogen and oxygen atoms in total. The number of cyclic esters (lactones) is 2. The number of nitrogens with one attached hydrogen (secondary N) is 4. The highest BCUT2D eigenvalue weighted by atomic mass is 32.2. The zero-order chi connectivity index (χ0) is 52.1. The summed E-state index contributed by atoms with van der Waals surface area (Å²) in [6, 6.07) is 23.4. The molecule has 380 valence electrons. The number of anilines is 2. The van der Waals surface area contributed by atoms with Crippen molar-refractivity contribution < 1.29 is 60.6 Å². The van der Waals surface area contributed by atoms with Crippen molar-refractivity contribution in [2.75, 3.05) is 81.6 Å². The van der Waals surface area contributed by atoms with Crippen molar-refractivity contribution in [3.8, 4) is 0 Å². The third-order valence-electron chi connectivity index (χ3n) is 11.2. The Kier molecular flexibility index (Phi) is 17.8. The fourth-order valence-corrected chi connectivity index (χ4v) is 7.98. The number of hydrogen-bond acceptors (Lipinski definition) is 19. The van der Waals surface area contributed by atoms with Crippen LogP contribution in [-0.4, -0.2) is 154 Å². The van der Waals surface area contributed by atoms with Gasteiger partial charge in [-0.05, 0) is 67.6 Å². The molecule has 4 aromatic rings. The highest BCUT2D eigenvalue weighted by Crippen LogP contribution is 2.25. The SMILES string of the molecule is CCOC(=O)CCN1CCN(CC2CN(c3ccc(C(=N)NC(=O)c4ccccc4[N+](=O)[O-])cc3)C(=O)O2)CC1.CS(=O)(=O)OCC1CN(c2ccc(C(=N)NC(=O)c3ccccc3[N+](=O)[O-])cc2)C(=O)O1. The van der Waals surface area contributed by atoms with E-state index in [1.807, 2.05) is 0 Å². The van der Waals surface area contributed by atoms with Gasteiger partial charge in [-0.25, -0.2) is 9.59 Å². The van der Waals surface area contributed by atoms with Gasteiger partial charge in [0.2, 0.25) is 0 Å². The summed E-state index contributed by atoms with van der Waals surface area (Å²) >= 11 is 0. The number of carbonyl (C=O) groups is 5. The van der Waals surface area contributed by atoms with Crippen LogP contribution in [-0.2, 0) is 33.3 Å². The third kappa shape index (κ3) is 14.4. The first-order valence-corrected chi connectivity index (χ1v) is 24.0. The number of amides is 4. The van der Waals surface area contributed by atoms with Crippen molar-refractivity contribution in [2.45, 2.75) is 25.6 Å². The zero-order valence-electron chi connectivity index (χ0n) is 38.9. The van der Waals surface area contributed by atoms with E-state index < -0.39 is 50.1 Å². The van der Waals surface area contributed by atoms with Crippen LogP contribution >= 0.6 is 0 Å². The smallest absolute Gasteiger partial charge is 0.414 e. The molecule has 3 aliphatic rings. The van der Waals surface area contributed by atoms with Crippen molar-refractivity contribution in [1.29, 1.82) is 10.8 Å². The maximum atomic E-state index is 12.6. The van der Waals surface area contributed by atoms with Crippen LogP contribution in [0, 0.1) is 31.0 Å². The second-order valence-corrected chi connectivity index (χ2v) is 17.9. The molecule has 0 bridgehead atoms. The molecule has 0 spiro atoms. The molecule has 4 N–H and O–H groups in total. The number of rotatable bonds is 17. The van der Waals surface area contributed by atoms with E-state index in [9.17, 15) is 52.6 Å². The molecule has 26 heteroatoms. The predicted molar refractivity (Wildman–Crippen MR) is 258 cm³/mol.